The Morgan fingerprint density at radius 2 is 2.43 bits per heavy atom. The van der Waals surface area contributed by atoms with Gasteiger partial charge in [0.1, 0.15) is 16.4 Å². The van der Waals surface area contributed by atoms with Crippen molar-refractivity contribution in [3.63, 3.8) is 0 Å². The van der Waals surface area contributed by atoms with Crippen LogP contribution in [-0.4, -0.2) is 24.2 Å². The van der Waals surface area contributed by atoms with Crippen LogP contribution in [0.5, 0.6) is 5.75 Å². The van der Waals surface area contributed by atoms with Crippen molar-refractivity contribution in [2.45, 2.75) is 12.5 Å². The standard InChI is InChI=1S/C9H10BrClN2O/c10-9-7(1-2-8(11)13-9)14-5-6-3-4-12-6/h1-2,6,12H,3-5H2/t6-/m0/s1. The molecular weight excluding hydrogens is 267 g/mol. The van der Waals surface area contributed by atoms with E-state index >= 15 is 0 Å². The summed E-state index contributed by atoms with van der Waals surface area (Å²) in [7, 11) is 0. The summed E-state index contributed by atoms with van der Waals surface area (Å²) in [5.41, 5.74) is 0. The summed E-state index contributed by atoms with van der Waals surface area (Å²) in [6, 6.07) is 4.02. The van der Waals surface area contributed by atoms with Crippen LogP contribution in [0.3, 0.4) is 0 Å². The summed E-state index contributed by atoms with van der Waals surface area (Å²) in [4.78, 5) is 4.03. The molecule has 1 aromatic rings. The Morgan fingerprint density at radius 3 is 3.00 bits per heavy atom. The SMILES string of the molecule is Clc1ccc(OC[C@@H]2CCN2)c(Br)n1. The molecule has 5 heteroatoms. The Labute approximate surface area is 95.9 Å². The monoisotopic (exact) mass is 276 g/mol. The molecule has 1 aliphatic rings. The molecular formula is C9H10BrClN2O. The summed E-state index contributed by atoms with van der Waals surface area (Å²) in [5.74, 6) is 0.739. The molecule has 0 amide bonds. The van der Waals surface area contributed by atoms with Gasteiger partial charge in [0.2, 0.25) is 0 Å². The number of nitrogens with one attached hydrogen (secondary N) is 1. The van der Waals surface area contributed by atoms with Crippen LogP contribution in [0.15, 0.2) is 16.7 Å². The number of nitrogens with zero attached hydrogens (tertiary/aromatic N) is 1. The van der Waals surface area contributed by atoms with Crippen molar-refractivity contribution in [1.82, 2.24) is 10.3 Å². The van der Waals surface area contributed by atoms with Crippen LogP contribution in [0.2, 0.25) is 5.15 Å². The van der Waals surface area contributed by atoms with Gasteiger partial charge in [-0.1, -0.05) is 11.6 Å². The Bertz CT molecular complexity index is 331. The van der Waals surface area contributed by atoms with Gasteiger partial charge in [-0.2, -0.15) is 0 Å². The second-order valence-corrected chi connectivity index (χ2v) is 4.31. The lowest BCUT2D eigenvalue weighted by atomic mass is 10.1. The fraction of sp³-hybridized carbons (Fsp3) is 0.444. The maximum atomic E-state index is 5.71. The van der Waals surface area contributed by atoms with E-state index in [4.69, 9.17) is 16.3 Å². The molecule has 0 bridgehead atoms. The van der Waals surface area contributed by atoms with E-state index < -0.39 is 0 Å². The van der Waals surface area contributed by atoms with Gasteiger partial charge in [0.05, 0.1) is 0 Å². The van der Waals surface area contributed by atoms with E-state index in [0.717, 1.165) is 12.3 Å². The van der Waals surface area contributed by atoms with Gasteiger partial charge in [-0.05, 0) is 41.0 Å². The molecule has 2 rings (SSSR count). The molecule has 1 N–H and O–H groups in total. The van der Waals surface area contributed by atoms with Gasteiger partial charge in [0, 0.05) is 6.04 Å². The maximum Gasteiger partial charge on any atom is 0.152 e. The number of hydrogen-bond donors (Lipinski definition) is 1. The van der Waals surface area contributed by atoms with Crippen molar-refractivity contribution in [2.75, 3.05) is 13.2 Å². The molecule has 0 radical (unpaired) electrons. The Balaban J connectivity index is 1.94. The van der Waals surface area contributed by atoms with Crippen LogP contribution in [0.1, 0.15) is 6.42 Å². The molecule has 0 spiro atoms. The van der Waals surface area contributed by atoms with Gasteiger partial charge in [-0.25, -0.2) is 4.98 Å². The van der Waals surface area contributed by atoms with Crippen molar-refractivity contribution in [2.24, 2.45) is 0 Å². The minimum atomic E-state index is 0.464. The highest BCUT2D eigenvalue weighted by Gasteiger charge is 2.17. The third-order valence-corrected chi connectivity index (χ3v) is 2.92. The van der Waals surface area contributed by atoms with Crippen molar-refractivity contribution in [3.05, 3.63) is 21.9 Å². The van der Waals surface area contributed by atoms with Crippen molar-refractivity contribution >= 4 is 27.5 Å². The molecule has 0 saturated carbocycles. The molecule has 0 unspecified atom stereocenters. The number of rotatable bonds is 3. The lowest BCUT2D eigenvalue weighted by Crippen LogP contribution is -2.46. The van der Waals surface area contributed by atoms with Gasteiger partial charge in [-0.15, -0.1) is 0 Å². The first-order valence-electron chi connectivity index (χ1n) is 4.44. The zero-order chi connectivity index (χ0) is 9.97. The first-order valence-corrected chi connectivity index (χ1v) is 5.61. The predicted molar refractivity (Wildman–Crippen MR) is 58.8 cm³/mol. The molecule has 1 saturated heterocycles. The largest absolute Gasteiger partial charge is 0.489 e. The van der Waals surface area contributed by atoms with E-state index in [1.54, 1.807) is 6.07 Å². The minimum Gasteiger partial charge on any atom is -0.489 e. The zero-order valence-corrected chi connectivity index (χ0v) is 9.81. The summed E-state index contributed by atoms with van der Waals surface area (Å²) >= 11 is 9.01. The van der Waals surface area contributed by atoms with E-state index in [-0.39, 0.29) is 0 Å². The molecule has 3 nitrogen and oxygen atoms in total. The van der Waals surface area contributed by atoms with Crippen LogP contribution in [0.4, 0.5) is 0 Å². The molecule has 0 aliphatic carbocycles. The molecule has 1 aliphatic heterocycles. The number of halogens is 2. The highest BCUT2D eigenvalue weighted by Crippen LogP contribution is 2.24. The minimum absolute atomic E-state index is 0.464. The van der Waals surface area contributed by atoms with Gasteiger partial charge in [0.25, 0.3) is 0 Å². The zero-order valence-electron chi connectivity index (χ0n) is 7.46. The fourth-order valence-electron chi connectivity index (χ4n) is 1.19. The van der Waals surface area contributed by atoms with E-state index in [1.807, 2.05) is 6.07 Å². The average Bonchev–Trinajstić information content (AvgIpc) is 2.05. The van der Waals surface area contributed by atoms with E-state index in [9.17, 15) is 0 Å². The summed E-state index contributed by atoms with van der Waals surface area (Å²) in [5, 5.41) is 3.72. The average molecular weight is 278 g/mol. The molecule has 76 valence electrons. The van der Waals surface area contributed by atoms with Gasteiger partial charge < -0.3 is 10.1 Å². The second kappa shape index (κ2) is 4.47. The van der Waals surface area contributed by atoms with Crippen LogP contribution in [-0.2, 0) is 0 Å². The van der Waals surface area contributed by atoms with Crippen LogP contribution >= 0.6 is 27.5 Å². The van der Waals surface area contributed by atoms with E-state index in [2.05, 4.69) is 26.2 Å². The van der Waals surface area contributed by atoms with E-state index in [1.165, 1.54) is 6.42 Å². The maximum absolute atomic E-state index is 5.71. The topological polar surface area (TPSA) is 34.1 Å². The molecule has 0 aromatic carbocycles. The fourth-order valence-corrected chi connectivity index (χ4v) is 1.88. The Hall–Kier alpha value is -0.320. The third kappa shape index (κ3) is 2.38. The number of hydrogen-bond acceptors (Lipinski definition) is 3. The van der Waals surface area contributed by atoms with Gasteiger partial charge in [0.15, 0.2) is 5.75 Å². The highest BCUT2D eigenvalue weighted by molar-refractivity contribution is 9.10. The molecule has 14 heavy (non-hydrogen) atoms. The highest BCUT2D eigenvalue weighted by atomic mass is 79.9. The molecule has 2 heterocycles. The Kier molecular flexibility index (Phi) is 3.26. The van der Waals surface area contributed by atoms with E-state index in [0.29, 0.717) is 22.4 Å². The molecule has 1 aromatic heterocycles. The lowest BCUT2D eigenvalue weighted by Gasteiger charge is -2.27. The Morgan fingerprint density at radius 1 is 1.64 bits per heavy atom. The quantitative estimate of drug-likeness (QED) is 0.861. The van der Waals surface area contributed by atoms with Crippen molar-refractivity contribution < 1.29 is 4.74 Å². The second-order valence-electron chi connectivity index (χ2n) is 3.17. The first kappa shape index (κ1) is 10.2. The summed E-state index contributed by atoms with van der Waals surface area (Å²) < 4.78 is 6.22. The van der Waals surface area contributed by atoms with Crippen molar-refractivity contribution in [3.8, 4) is 5.75 Å². The summed E-state index contributed by atoms with van der Waals surface area (Å²) in [6.07, 6.45) is 1.18. The van der Waals surface area contributed by atoms with Gasteiger partial charge >= 0.3 is 0 Å². The first-order chi connectivity index (χ1) is 6.75. The number of pyridine rings is 1. The third-order valence-electron chi connectivity index (χ3n) is 2.15. The smallest absolute Gasteiger partial charge is 0.152 e. The predicted octanol–water partition coefficient (Wildman–Crippen LogP) is 2.24. The van der Waals surface area contributed by atoms with Crippen molar-refractivity contribution in [1.29, 1.82) is 0 Å². The van der Waals surface area contributed by atoms with Crippen LogP contribution in [0, 0.1) is 0 Å². The molecule has 1 atom stereocenters. The van der Waals surface area contributed by atoms with Crippen LogP contribution in [0.25, 0.3) is 0 Å². The lowest BCUT2D eigenvalue weighted by molar-refractivity contribution is 0.216. The number of ether oxygens (including phenoxy) is 1. The number of aromatic nitrogens is 1. The van der Waals surface area contributed by atoms with Gasteiger partial charge in [-0.3, -0.25) is 0 Å². The van der Waals surface area contributed by atoms with Crippen LogP contribution < -0.4 is 10.1 Å². The summed E-state index contributed by atoms with van der Waals surface area (Å²) in [6.45, 7) is 1.77. The molecule has 1 fully saturated rings. The normalized spacial score (nSPS) is 20.3.